The summed E-state index contributed by atoms with van der Waals surface area (Å²) in [5.41, 5.74) is 1.04. The van der Waals surface area contributed by atoms with Crippen LogP contribution >= 0.6 is 0 Å². The fraction of sp³-hybridized carbons (Fsp3) is 0.696. The van der Waals surface area contributed by atoms with E-state index in [0.717, 1.165) is 56.1 Å². The quantitative estimate of drug-likeness (QED) is 0.760. The van der Waals surface area contributed by atoms with Gasteiger partial charge >= 0.3 is 0 Å². The molecule has 0 aromatic heterocycles. The molecule has 6 heteroatoms. The summed E-state index contributed by atoms with van der Waals surface area (Å²) >= 11 is 0. The molecule has 2 saturated heterocycles. The van der Waals surface area contributed by atoms with Gasteiger partial charge in [0.2, 0.25) is 5.91 Å². The van der Waals surface area contributed by atoms with Gasteiger partial charge in [0.25, 0.3) is 0 Å². The van der Waals surface area contributed by atoms with E-state index in [1.165, 1.54) is 0 Å². The highest BCUT2D eigenvalue weighted by Gasteiger charge is 2.50. The average Bonchev–Trinajstić information content (AvgIpc) is 3.21. The molecule has 1 aromatic rings. The standard InChI is InChI=1S/C23H34N2O4/c1-15-10-21-19(20(15)13-24-17-6-8-29-9-7-17)12-23(26)25(21)14-16-4-5-18(27-2)11-22(16)28-3/h4-5,11,15,17,19-21,24H,6-10,12-14H2,1-3H3/t15-,19-,20+,21+/m0/s1. The molecule has 160 valence electrons. The Morgan fingerprint density at radius 2 is 2.00 bits per heavy atom. The van der Waals surface area contributed by atoms with Crippen LogP contribution < -0.4 is 14.8 Å². The van der Waals surface area contributed by atoms with E-state index in [1.807, 2.05) is 18.2 Å². The molecule has 1 amide bonds. The van der Waals surface area contributed by atoms with Crippen LogP contribution in [-0.2, 0) is 16.1 Å². The molecule has 4 rings (SSSR count). The van der Waals surface area contributed by atoms with Gasteiger partial charge in [0.05, 0.1) is 14.2 Å². The number of amides is 1. The van der Waals surface area contributed by atoms with Gasteiger partial charge in [-0.25, -0.2) is 0 Å². The highest BCUT2D eigenvalue weighted by Crippen LogP contribution is 2.46. The molecular formula is C23H34N2O4. The Morgan fingerprint density at radius 1 is 1.21 bits per heavy atom. The average molecular weight is 403 g/mol. The van der Waals surface area contributed by atoms with Crippen molar-refractivity contribution in [2.75, 3.05) is 34.0 Å². The lowest BCUT2D eigenvalue weighted by Gasteiger charge is -2.28. The van der Waals surface area contributed by atoms with Crippen LogP contribution in [-0.4, -0.2) is 56.9 Å². The number of ether oxygens (including phenoxy) is 3. The van der Waals surface area contributed by atoms with E-state index < -0.39 is 0 Å². The minimum atomic E-state index is 0.279. The van der Waals surface area contributed by atoms with Gasteiger partial charge in [-0.05, 0) is 55.7 Å². The second-order valence-corrected chi connectivity index (χ2v) is 8.81. The molecule has 0 unspecified atom stereocenters. The predicted octanol–water partition coefficient (Wildman–Crippen LogP) is 2.85. The first-order valence-electron chi connectivity index (χ1n) is 10.9. The molecule has 29 heavy (non-hydrogen) atoms. The molecule has 4 atom stereocenters. The van der Waals surface area contributed by atoms with Crippen LogP contribution in [0.3, 0.4) is 0 Å². The molecule has 1 N–H and O–H groups in total. The third-order valence-electron chi connectivity index (χ3n) is 7.22. The summed E-state index contributed by atoms with van der Waals surface area (Å²) in [6.07, 6.45) is 3.96. The van der Waals surface area contributed by atoms with Crippen LogP contribution in [0.25, 0.3) is 0 Å². The van der Waals surface area contributed by atoms with Crippen LogP contribution in [0.4, 0.5) is 0 Å². The number of methoxy groups -OCH3 is 2. The Morgan fingerprint density at radius 3 is 2.72 bits per heavy atom. The fourth-order valence-corrected chi connectivity index (χ4v) is 5.52. The van der Waals surface area contributed by atoms with E-state index in [1.54, 1.807) is 14.2 Å². The molecule has 2 heterocycles. The third kappa shape index (κ3) is 4.24. The number of nitrogens with zero attached hydrogens (tertiary/aromatic N) is 1. The maximum Gasteiger partial charge on any atom is 0.223 e. The Kier molecular flexibility index (Phi) is 6.30. The molecule has 6 nitrogen and oxygen atoms in total. The monoisotopic (exact) mass is 402 g/mol. The van der Waals surface area contributed by atoms with Gasteiger partial charge < -0.3 is 24.4 Å². The zero-order valence-electron chi connectivity index (χ0n) is 17.9. The maximum absolute atomic E-state index is 12.9. The molecule has 3 fully saturated rings. The molecular weight excluding hydrogens is 368 g/mol. The highest BCUT2D eigenvalue weighted by atomic mass is 16.5. The summed E-state index contributed by atoms with van der Waals surface area (Å²) in [5, 5.41) is 3.77. The van der Waals surface area contributed by atoms with Crippen molar-refractivity contribution in [1.29, 1.82) is 0 Å². The van der Waals surface area contributed by atoms with E-state index in [2.05, 4.69) is 17.1 Å². The van der Waals surface area contributed by atoms with Gasteiger partial charge in [0.15, 0.2) is 0 Å². The summed E-state index contributed by atoms with van der Waals surface area (Å²) in [7, 11) is 3.32. The van der Waals surface area contributed by atoms with Crippen molar-refractivity contribution in [2.45, 2.75) is 51.2 Å². The van der Waals surface area contributed by atoms with Gasteiger partial charge in [-0.15, -0.1) is 0 Å². The Bertz CT molecular complexity index is 719. The molecule has 0 radical (unpaired) electrons. The molecule has 3 aliphatic rings. The van der Waals surface area contributed by atoms with Crippen LogP contribution in [0.2, 0.25) is 0 Å². The number of hydrogen-bond acceptors (Lipinski definition) is 5. The van der Waals surface area contributed by atoms with Crippen molar-refractivity contribution in [3.8, 4) is 11.5 Å². The summed E-state index contributed by atoms with van der Waals surface area (Å²) in [6, 6.07) is 6.75. The molecule has 0 spiro atoms. The fourth-order valence-electron chi connectivity index (χ4n) is 5.52. The number of carbonyl (C=O) groups is 1. The van der Waals surface area contributed by atoms with E-state index in [9.17, 15) is 4.79 Å². The van der Waals surface area contributed by atoms with Crippen LogP contribution in [0.15, 0.2) is 18.2 Å². The first-order valence-corrected chi connectivity index (χ1v) is 10.9. The summed E-state index contributed by atoms with van der Waals surface area (Å²) in [5.74, 6) is 3.48. The number of carbonyl (C=O) groups excluding carboxylic acids is 1. The lowest BCUT2D eigenvalue weighted by molar-refractivity contribution is -0.129. The number of hydrogen-bond donors (Lipinski definition) is 1. The smallest absolute Gasteiger partial charge is 0.223 e. The van der Waals surface area contributed by atoms with Gasteiger partial charge in [0, 0.05) is 49.9 Å². The van der Waals surface area contributed by atoms with Crippen molar-refractivity contribution in [1.82, 2.24) is 10.2 Å². The normalized spacial score (nSPS) is 29.9. The van der Waals surface area contributed by atoms with Crippen LogP contribution in [0.1, 0.15) is 38.2 Å². The Balaban J connectivity index is 1.42. The summed E-state index contributed by atoms with van der Waals surface area (Å²) in [4.78, 5) is 15.0. The van der Waals surface area contributed by atoms with Crippen LogP contribution in [0, 0.1) is 17.8 Å². The van der Waals surface area contributed by atoms with E-state index >= 15 is 0 Å². The van der Waals surface area contributed by atoms with Crippen molar-refractivity contribution in [2.24, 2.45) is 17.8 Å². The number of likely N-dealkylation sites (tertiary alicyclic amines) is 1. The number of rotatable bonds is 7. The third-order valence-corrected chi connectivity index (χ3v) is 7.22. The van der Waals surface area contributed by atoms with Crippen molar-refractivity contribution in [3.05, 3.63) is 23.8 Å². The van der Waals surface area contributed by atoms with Gasteiger partial charge in [0.1, 0.15) is 11.5 Å². The first-order chi connectivity index (χ1) is 14.1. The zero-order valence-corrected chi connectivity index (χ0v) is 17.9. The second kappa shape index (κ2) is 8.92. The predicted molar refractivity (Wildman–Crippen MR) is 111 cm³/mol. The van der Waals surface area contributed by atoms with E-state index in [0.29, 0.717) is 42.8 Å². The zero-order chi connectivity index (χ0) is 20.4. The molecule has 1 aliphatic carbocycles. The van der Waals surface area contributed by atoms with E-state index in [-0.39, 0.29) is 5.91 Å². The van der Waals surface area contributed by atoms with Crippen molar-refractivity contribution in [3.63, 3.8) is 0 Å². The SMILES string of the molecule is COc1ccc(CN2C(=O)C[C@H]3[C@H](CNC4CCOCC4)[C@@H](C)C[C@H]32)c(OC)c1. The maximum atomic E-state index is 12.9. The first kappa shape index (κ1) is 20.5. The summed E-state index contributed by atoms with van der Waals surface area (Å²) in [6.45, 7) is 5.70. The molecule has 2 aliphatic heterocycles. The molecule has 1 aromatic carbocycles. The summed E-state index contributed by atoms with van der Waals surface area (Å²) < 4.78 is 16.3. The lowest BCUT2D eigenvalue weighted by Crippen LogP contribution is -2.39. The largest absolute Gasteiger partial charge is 0.497 e. The van der Waals surface area contributed by atoms with Gasteiger partial charge in [-0.2, -0.15) is 0 Å². The molecule has 0 bridgehead atoms. The van der Waals surface area contributed by atoms with Gasteiger partial charge in [-0.1, -0.05) is 6.92 Å². The minimum absolute atomic E-state index is 0.279. The Hall–Kier alpha value is -1.79. The minimum Gasteiger partial charge on any atom is -0.497 e. The lowest BCUT2D eigenvalue weighted by atomic mass is 9.88. The van der Waals surface area contributed by atoms with Gasteiger partial charge in [-0.3, -0.25) is 4.79 Å². The number of fused-ring (bicyclic) bond motifs is 1. The molecule has 1 saturated carbocycles. The van der Waals surface area contributed by atoms with Crippen molar-refractivity contribution < 1.29 is 19.0 Å². The number of benzene rings is 1. The van der Waals surface area contributed by atoms with Crippen LogP contribution in [0.5, 0.6) is 11.5 Å². The van der Waals surface area contributed by atoms with E-state index in [4.69, 9.17) is 14.2 Å². The highest BCUT2D eigenvalue weighted by molar-refractivity contribution is 5.79. The number of nitrogens with one attached hydrogen (secondary N) is 1. The van der Waals surface area contributed by atoms with Crippen molar-refractivity contribution >= 4 is 5.91 Å². The second-order valence-electron chi connectivity index (χ2n) is 8.81. The topological polar surface area (TPSA) is 60.0 Å². The Labute approximate surface area is 173 Å².